The average molecular weight is 290 g/mol. The molecule has 1 aromatic rings. The third-order valence-electron chi connectivity index (χ3n) is 3.35. The van der Waals surface area contributed by atoms with Gasteiger partial charge in [-0.15, -0.1) is 11.6 Å². The molecule has 0 saturated carbocycles. The smallest absolute Gasteiger partial charge is 0.102 e. The zero-order chi connectivity index (χ0) is 13.1. The van der Waals surface area contributed by atoms with Crippen LogP contribution in [0.25, 0.3) is 0 Å². The number of anilines is 1. The highest BCUT2D eigenvalue weighted by molar-refractivity contribution is 6.33. The molecule has 18 heavy (non-hydrogen) atoms. The van der Waals surface area contributed by atoms with Gasteiger partial charge in [0.1, 0.15) is 12.2 Å². The van der Waals surface area contributed by atoms with Crippen molar-refractivity contribution in [3.63, 3.8) is 0 Å². The minimum atomic E-state index is 0.0643. The summed E-state index contributed by atoms with van der Waals surface area (Å²) in [7, 11) is 3.41. The van der Waals surface area contributed by atoms with Crippen molar-refractivity contribution in [3.05, 3.63) is 28.8 Å². The Morgan fingerprint density at radius 2 is 1.83 bits per heavy atom. The normalized spacial score (nSPS) is 23.7. The van der Waals surface area contributed by atoms with Gasteiger partial charge in [-0.3, -0.25) is 0 Å². The standard InChI is InChI=1S/C13H17Cl2NO2/c1-17-11-7-16(8-12(11)18-2)13-9(6-14)4-3-5-10(13)15/h3-5,11-12H,6-8H2,1-2H3. The first kappa shape index (κ1) is 13.9. The van der Waals surface area contributed by atoms with Gasteiger partial charge in [-0.05, 0) is 11.6 Å². The number of methoxy groups -OCH3 is 2. The minimum absolute atomic E-state index is 0.0643. The van der Waals surface area contributed by atoms with Gasteiger partial charge < -0.3 is 14.4 Å². The lowest BCUT2D eigenvalue weighted by Gasteiger charge is -2.22. The molecule has 0 N–H and O–H groups in total. The van der Waals surface area contributed by atoms with E-state index < -0.39 is 0 Å². The van der Waals surface area contributed by atoms with Gasteiger partial charge in [0.25, 0.3) is 0 Å². The summed E-state index contributed by atoms with van der Waals surface area (Å²) >= 11 is 12.3. The Morgan fingerprint density at radius 3 is 2.33 bits per heavy atom. The van der Waals surface area contributed by atoms with E-state index >= 15 is 0 Å². The summed E-state index contributed by atoms with van der Waals surface area (Å²) < 4.78 is 10.9. The molecule has 0 spiro atoms. The highest BCUT2D eigenvalue weighted by Crippen LogP contribution is 2.34. The Labute approximate surface area is 118 Å². The van der Waals surface area contributed by atoms with Gasteiger partial charge in [-0.1, -0.05) is 23.7 Å². The van der Waals surface area contributed by atoms with Crippen molar-refractivity contribution in [2.45, 2.75) is 18.1 Å². The van der Waals surface area contributed by atoms with Crippen molar-refractivity contribution in [2.24, 2.45) is 0 Å². The summed E-state index contributed by atoms with van der Waals surface area (Å²) in [6.07, 6.45) is 0.129. The Balaban J connectivity index is 2.28. The van der Waals surface area contributed by atoms with E-state index in [4.69, 9.17) is 32.7 Å². The molecule has 0 radical (unpaired) electrons. The Hall–Kier alpha value is -0.480. The van der Waals surface area contributed by atoms with Crippen molar-refractivity contribution in [1.82, 2.24) is 0 Å². The van der Waals surface area contributed by atoms with Crippen molar-refractivity contribution in [3.8, 4) is 0 Å². The molecular weight excluding hydrogens is 273 g/mol. The average Bonchev–Trinajstić information content (AvgIpc) is 2.81. The first-order valence-electron chi connectivity index (χ1n) is 5.85. The summed E-state index contributed by atoms with van der Waals surface area (Å²) in [4.78, 5) is 2.18. The van der Waals surface area contributed by atoms with Gasteiger partial charge in [-0.2, -0.15) is 0 Å². The fraction of sp³-hybridized carbons (Fsp3) is 0.538. The highest BCUT2D eigenvalue weighted by atomic mass is 35.5. The topological polar surface area (TPSA) is 21.7 Å². The highest BCUT2D eigenvalue weighted by Gasteiger charge is 2.34. The largest absolute Gasteiger partial charge is 0.377 e. The molecule has 5 heteroatoms. The van der Waals surface area contributed by atoms with Crippen LogP contribution in [0.1, 0.15) is 5.56 Å². The van der Waals surface area contributed by atoms with E-state index in [0.29, 0.717) is 5.88 Å². The maximum atomic E-state index is 6.29. The van der Waals surface area contributed by atoms with E-state index in [1.165, 1.54) is 0 Å². The van der Waals surface area contributed by atoms with Gasteiger partial charge in [0, 0.05) is 33.2 Å². The number of rotatable bonds is 4. The number of benzene rings is 1. The third kappa shape index (κ3) is 2.59. The Morgan fingerprint density at radius 1 is 1.22 bits per heavy atom. The molecular formula is C13H17Cl2NO2. The first-order chi connectivity index (χ1) is 8.71. The summed E-state index contributed by atoms with van der Waals surface area (Å²) in [5, 5.41) is 0.722. The second kappa shape index (κ2) is 6.11. The Kier molecular flexibility index (Phi) is 4.73. The van der Waals surface area contributed by atoms with Crippen LogP contribution in [0, 0.1) is 0 Å². The SMILES string of the molecule is COC1CN(c2c(Cl)cccc2CCl)CC1OC. The molecule has 1 heterocycles. The van der Waals surface area contributed by atoms with Crippen molar-refractivity contribution in [2.75, 3.05) is 32.2 Å². The predicted octanol–water partition coefficient (Wildman–Crippen LogP) is 2.93. The molecule has 1 saturated heterocycles. The van der Waals surface area contributed by atoms with Crippen LogP contribution < -0.4 is 4.90 Å². The summed E-state index contributed by atoms with van der Waals surface area (Å²) in [5.74, 6) is 0.446. The molecule has 0 aliphatic carbocycles. The van der Waals surface area contributed by atoms with Gasteiger partial charge in [0.05, 0.1) is 10.7 Å². The molecule has 3 nitrogen and oxygen atoms in total. The second-order valence-electron chi connectivity index (χ2n) is 4.33. The predicted molar refractivity (Wildman–Crippen MR) is 74.8 cm³/mol. The summed E-state index contributed by atoms with van der Waals surface area (Å²) in [6, 6.07) is 5.80. The molecule has 0 bridgehead atoms. The minimum Gasteiger partial charge on any atom is -0.377 e. The van der Waals surface area contributed by atoms with Crippen LogP contribution in [0.15, 0.2) is 18.2 Å². The maximum absolute atomic E-state index is 6.29. The lowest BCUT2D eigenvalue weighted by atomic mass is 10.2. The van der Waals surface area contributed by atoms with Crippen LogP contribution in [-0.4, -0.2) is 39.5 Å². The van der Waals surface area contributed by atoms with E-state index in [1.807, 2.05) is 18.2 Å². The van der Waals surface area contributed by atoms with Crippen molar-refractivity contribution < 1.29 is 9.47 Å². The molecule has 1 aliphatic heterocycles. The third-order valence-corrected chi connectivity index (χ3v) is 3.94. The lowest BCUT2D eigenvalue weighted by Crippen LogP contribution is -2.27. The van der Waals surface area contributed by atoms with Crippen LogP contribution in [0.2, 0.25) is 5.02 Å². The van der Waals surface area contributed by atoms with Crippen LogP contribution in [0.4, 0.5) is 5.69 Å². The van der Waals surface area contributed by atoms with Crippen LogP contribution in [0.3, 0.4) is 0 Å². The van der Waals surface area contributed by atoms with E-state index in [1.54, 1.807) is 14.2 Å². The van der Waals surface area contributed by atoms with E-state index in [0.717, 1.165) is 29.4 Å². The van der Waals surface area contributed by atoms with Crippen LogP contribution in [-0.2, 0) is 15.4 Å². The van der Waals surface area contributed by atoms with Crippen LogP contribution in [0.5, 0.6) is 0 Å². The van der Waals surface area contributed by atoms with Crippen molar-refractivity contribution in [1.29, 1.82) is 0 Å². The molecule has 1 fully saturated rings. The number of halogens is 2. The van der Waals surface area contributed by atoms with Gasteiger partial charge in [0.15, 0.2) is 0 Å². The van der Waals surface area contributed by atoms with Crippen molar-refractivity contribution >= 4 is 28.9 Å². The number of ether oxygens (including phenoxy) is 2. The molecule has 2 atom stereocenters. The monoisotopic (exact) mass is 289 g/mol. The van der Waals surface area contributed by atoms with Crippen LogP contribution >= 0.6 is 23.2 Å². The first-order valence-corrected chi connectivity index (χ1v) is 6.76. The number of alkyl halides is 1. The molecule has 0 aromatic heterocycles. The number of hydrogen-bond donors (Lipinski definition) is 0. The molecule has 0 amide bonds. The number of hydrogen-bond acceptors (Lipinski definition) is 3. The van der Waals surface area contributed by atoms with E-state index in [2.05, 4.69) is 4.90 Å². The summed E-state index contributed by atoms with van der Waals surface area (Å²) in [5.41, 5.74) is 2.03. The molecule has 100 valence electrons. The number of para-hydroxylation sites is 1. The molecule has 1 aromatic carbocycles. The fourth-order valence-electron chi connectivity index (χ4n) is 2.40. The van der Waals surface area contributed by atoms with Gasteiger partial charge in [0.2, 0.25) is 0 Å². The second-order valence-corrected chi connectivity index (χ2v) is 5.01. The number of nitrogens with zero attached hydrogens (tertiary/aromatic N) is 1. The zero-order valence-corrected chi connectivity index (χ0v) is 12.0. The molecule has 2 rings (SSSR count). The summed E-state index contributed by atoms with van der Waals surface area (Å²) in [6.45, 7) is 1.53. The fourth-order valence-corrected chi connectivity index (χ4v) is 2.93. The maximum Gasteiger partial charge on any atom is 0.102 e. The Bertz CT molecular complexity index is 402. The molecule has 1 aliphatic rings. The molecule has 2 unspecified atom stereocenters. The van der Waals surface area contributed by atoms with Gasteiger partial charge >= 0.3 is 0 Å². The quantitative estimate of drug-likeness (QED) is 0.796. The van der Waals surface area contributed by atoms with E-state index in [-0.39, 0.29) is 12.2 Å². The van der Waals surface area contributed by atoms with Gasteiger partial charge in [-0.25, -0.2) is 0 Å². The van der Waals surface area contributed by atoms with E-state index in [9.17, 15) is 0 Å². The lowest BCUT2D eigenvalue weighted by molar-refractivity contribution is -0.00461. The zero-order valence-electron chi connectivity index (χ0n) is 10.5.